The average Bonchev–Trinajstić information content (AvgIpc) is 3.83. The van der Waals surface area contributed by atoms with Gasteiger partial charge in [0.25, 0.3) is 0 Å². The second-order valence-electron chi connectivity index (χ2n) is 11.4. The molecule has 4 rings (SSSR count). The molecule has 256 valence electrons. The van der Waals surface area contributed by atoms with E-state index in [2.05, 4.69) is 62.6 Å². The summed E-state index contributed by atoms with van der Waals surface area (Å²) in [6.45, 7) is 10.1. The van der Waals surface area contributed by atoms with Crippen LogP contribution in [-0.4, -0.2) is 13.1 Å². The van der Waals surface area contributed by atoms with Gasteiger partial charge in [0, 0.05) is 36.4 Å². The molecule has 0 spiro atoms. The quantitative estimate of drug-likeness (QED) is 0.0795. The molecule has 0 bridgehead atoms. The summed E-state index contributed by atoms with van der Waals surface area (Å²) in [6.07, 6.45) is 31.8. The molecule has 2 nitrogen and oxygen atoms in total. The summed E-state index contributed by atoms with van der Waals surface area (Å²) in [7, 11) is 0. The molecule has 0 saturated carbocycles. The summed E-state index contributed by atoms with van der Waals surface area (Å²) < 4.78 is 52.1. The van der Waals surface area contributed by atoms with E-state index >= 15 is 0 Å². The summed E-state index contributed by atoms with van der Waals surface area (Å²) in [5.74, 6) is -1.51. The first-order valence-electron chi connectivity index (χ1n) is 17.0. The zero-order valence-corrected chi connectivity index (χ0v) is 30.4. The second-order valence-corrected chi connectivity index (χ2v) is 11.4. The number of anilines is 2. The summed E-state index contributed by atoms with van der Waals surface area (Å²) in [4.78, 5) is 0. The maximum absolute atomic E-state index is 13.4. The molecule has 0 heterocycles. The third kappa shape index (κ3) is 22.6. The van der Waals surface area contributed by atoms with Crippen LogP contribution in [0.25, 0.3) is 0 Å². The third-order valence-corrected chi connectivity index (χ3v) is 7.64. The van der Waals surface area contributed by atoms with Crippen LogP contribution >= 0.6 is 0 Å². The number of hydrogen-bond donors (Lipinski definition) is 2. The van der Waals surface area contributed by atoms with E-state index in [4.69, 9.17) is 0 Å². The number of benzene rings is 2. The Labute approximate surface area is 298 Å². The fourth-order valence-corrected chi connectivity index (χ4v) is 4.62. The normalized spacial score (nSPS) is 13.3. The van der Waals surface area contributed by atoms with Gasteiger partial charge in [0.2, 0.25) is 0 Å². The molecular formula is C40H54F4N2Ti. The molecule has 0 radical (unpaired) electrons. The zero-order valence-electron chi connectivity index (χ0n) is 28.8. The molecule has 2 unspecified atom stereocenters. The summed E-state index contributed by atoms with van der Waals surface area (Å²) in [5, 5.41) is 6.09. The molecule has 2 aliphatic rings. The molecule has 2 aromatic rings. The zero-order chi connectivity index (χ0) is 33.8. The van der Waals surface area contributed by atoms with E-state index in [0.29, 0.717) is 23.2 Å². The molecule has 2 aliphatic carbocycles. The maximum atomic E-state index is 13.4. The van der Waals surface area contributed by atoms with Crippen LogP contribution in [0.5, 0.6) is 0 Å². The molecule has 0 saturated heterocycles. The van der Waals surface area contributed by atoms with E-state index in [-0.39, 0.29) is 21.7 Å². The Morgan fingerprint density at radius 1 is 0.617 bits per heavy atom. The van der Waals surface area contributed by atoms with Gasteiger partial charge in [-0.1, -0.05) is 79.1 Å². The Balaban J connectivity index is 0.000000681. The Kier molecular flexibility index (Phi) is 27.9. The van der Waals surface area contributed by atoms with Crippen molar-refractivity contribution in [2.45, 2.75) is 105 Å². The van der Waals surface area contributed by atoms with Crippen LogP contribution in [0.3, 0.4) is 0 Å². The minimum atomic E-state index is -0.659. The van der Waals surface area contributed by atoms with Crippen LogP contribution in [0, 0.1) is 59.4 Å². The van der Waals surface area contributed by atoms with Crippen molar-refractivity contribution in [1.82, 2.24) is 0 Å². The van der Waals surface area contributed by atoms with Crippen LogP contribution < -0.4 is 10.6 Å². The van der Waals surface area contributed by atoms with E-state index in [1.165, 1.54) is 62.8 Å². The molecule has 0 amide bonds. The van der Waals surface area contributed by atoms with Crippen molar-refractivity contribution in [2.75, 3.05) is 23.7 Å². The van der Waals surface area contributed by atoms with Gasteiger partial charge in [-0.05, 0) is 36.1 Å². The predicted octanol–water partition coefficient (Wildman–Crippen LogP) is 12.2. The van der Waals surface area contributed by atoms with Crippen molar-refractivity contribution in [3.05, 3.63) is 108 Å². The van der Waals surface area contributed by atoms with Crippen LogP contribution in [-0.2, 0) is 21.7 Å². The van der Waals surface area contributed by atoms with Gasteiger partial charge < -0.3 is 10.6 Å². The van der Waals surface area contributed by atoms with E-state index in [1.807, 2.05) is 36.4 Å². The molecule has 2 aromatic carbocycles. The summed E-state index contributed by atoms with van der Waals surface area (Å²) in [6, 6.07) is 9.39. The molecule has 7 heteroatoms. The molecule has 0 fully saturated rings. The minimum Gasteiger partial charge on any atom is -0.434 e. The first-order chi connectivity index (χ1) is 22.3. The SMILES string of the molecule is CCCCCC(CC)CNc1ccc(F)[c-]c1F.CCCCCC(CC)CNc1ccc(F)[c-]c1F.[C-]1=CC=CC1.[C-]1=CC=CC1.[Ti+4]. The maximum Gasteiger partial charge on any atom is 4.00 e. The van der Waals surface area contributed by atoms with Crippen molar-refractivity contribution in [3.63, 3.8) is 0 Å². The van der Waals surface area contributed by atoms with Gasteiger partial charge in [-0.2, -0.15) is 12.2 Å². The topological polar surface area (TPSA) is 24.1 Å². The largest absolute Gasteiger partial charge is 4.00 e. The van der Waals surface area contributed by atoms with Gasteiger partial charge in [-0.15, -0.1) is 49.2 Å². The van der Waals surface area contributed by atoms with Gasteiger partial charge in [-0.3, -0.25) is 12.2 Å². The third-order valence-electron chi connectivity index (χ3n) is 7.64. The smallest absolute Gasteiger partial charge is 0.434 e. The number of rotatable bonds is 16. The molecule has 2 atom stereocenters. The average molecular weight is 687 g/mol. The van der Waals surface area contributed by atoms with Gasteiger partial charge in [-0.25, -0.2) is 41.9 Å². The van der Waals surface area contributed by atoms with Crippen molar-refractivity contribution in [2.24, 2.45) is 11.8 Å². The van der Waals surface area contributed by atoms with Crippen LogP contribution in [0.4, 0.5) is 28.9 Å². The van der Waals surface area contributed by atoms with Crippen LogP contribution in [0.1, 0.15) is 105 Å². The predicted molar refractivity (Wildman–Crippen MR) is 186 cm³/mol. The van der Waals surface area contributed by atoms with E-state index in [0.717, 1.165) is 51.6 Å². The number of unbranched alkanes of at least 4 members (excludes halogenated alkanes) is 4. The van der Waals surface area contributed by atoms with Crippen molar-refractivity contribution in [1.29, 1.82) is 0 Å². The molecule has 2 N–H and O–H groups in total. The molecule has 0 aliphatic heterocycles. The minimum absolute atomic E-state index is 0. The van der Waals surface area contributed by atoms with Crippen molar-refractivity contribution < 1.29 is 39.3 Å². The Morgan fingerprint density at radius 3 is 1.28 bits per heavy atom. The molecule has 47 heavy (non-hydrogen) atoms. The first-order valence-corrected chi connectivity index (χ1v) is 17.0. The molecule has 0 aromatic heterocycles. The molecular weight excluding hydrogens is 632 g/mol. The van der Waals surface area contributed by atoms with Gasteiger partial charge in [0.15, 0.2) is 0 Å². The van der Waals surface area contributed by atoms with Crippen LogP contribution in [0.15, 0.2) is 60.7 Å². The fourth-order valence-electron chi connectivity index (χ4n) is 4.62. The van der Waals surface area contributed by atoms with Crippen molar-refractivity contribution in [3.8, 4) is 0 Å². The number of allylic oxidation sites excluding steroid dienone is 8. The Bertz CT molecular complexity index is 1070. The van der Waals surface area contributed by atoms with E-state index in [9.17, 15) is 17.6 Å². The van der Waals surface area contributed by atoms with E-state index in [1.54, 1.807) is 0 Å². The first kappa shape index (κ1) is 44.4. The van der Waals surface area contributed by atoms with Gasteiger partial charge in [0.1, 0.15) is 0 Å². The summed E-state index contributed by atoms with van der Waals surface area (Å²) >= 11 is 0. The fraction of sp³-hybridized carbons (Fsp3) is 0.500. The monoisotopic (exact) mass is 686 g/mol. The number of halogens is 4. The van der Waals surface area contributed by atoms with Crippen molar-refractivity contribution >= 4 is 11.4 Å². The second kappa shape index (κ2) is 29.6. The van der Waals surface area contributed by atoms with Crippen LogP contribution in [0.2, 0.25) is 0 Å². The van der Waals surface area contributed by atoms with Gasteiger partial charge in [0.05, 0.1) is 0 Å². The Morgan fingerprint density at radius 2 is 1.02 bits per heavy atom. The van der Waals surface area contributed by atoms with E-state index < -0.39 is 23.3 Å². The van der Waals surface area contributed by atoms with Gasteiger partial charge >= 0.3 is 21.7 Å². The number of hydrogen-bond acceptors (Lipinski definition) is 2. The summed E-state index contributed by atoms with van der Waals surface area (Å²) in [5.41, 5.74) is 0.677. The number of nitrogens with one attached hydrogen (secondary N) is 2. The standard InChI is InChI=1S/2C15H22F2N.2C5H5.Ti/c2*1-3-5-6-7-12(4-2)11-18-15-9-8-13(16)10-14(15)17;2*1-2-4-5-3-1;/h2*8-9,12,18H,3-7,11H2,1-2H3;2*1-3H,4H2;/q4*-1;+4. The Hall–Kier alpha value is -2.57.